The molecule has 0 amide bonds. The van der Waals surface area contributed by atoms with Crippen molar-refractivity contribution in [2.45, 2.75) is 6.92 Å². The maximum Gasteiger partial charge on any atom is 0.195 e. The zero-order valence-electron chi connectivity index (χ0n) is 13.5. The normalized spacial score (nSPS) is 11.8. The van der Waals surface area contributed by atoms with Gasteiger partial charge in [-0.3, -0.25) is 4.79 Å². The quantitative estimate of drug-likeness (QED) is 0.281. The van der Waals surface area contributed by atoms with Gasteiger partial charge in [-0.1, -0.05) is 35.4 Å². The Hall–Kier alpha value is -2.42. The molecule has 0 unspecified atom stereocenters. The van der Waals surface area contributed by atoms with Gasteiger partial charge in [-0.2, -0.15) is 0 Å². The van der Waals surface area contributed by atoms with Gasteiger partial charge in [-0.05, 0) is 65.5 Å². The number of halogens is 1. The molecule has 120 valence electrons. The van der Waals surface area contributed by atoms with Crippen LogP contribution in [0.5, 0.6) is 0 Å². The van der Waals surface area contributed by atoms with Gasteiger partial charge in [0.05, 0.1) is 0 Å². The van der Waals surface area contributed by atoms with Crippen LogP contribution in [0, 0.1) is 6.92 Å². The Kier molecular flexibility index (Phi) is 3.15. The molecular formula is C22H13ClOS. The Bertz CT molecular complexity index is 1380. The summed E-state index contributed by atoms with van der Waals surface area (Å²) < 4.78 is 2.06. The van der Waals surface area contributed by atoms with Gasteiger partial charge in [0.25, 0.3) is 0 Å². The molecule has 0 aliphatic rings. The van der Waals surface area contributed by atoms with Gasteiger partial charge in [0.1, 0.15) is 0 Å². The number of fused-ring (bicyclic) bond motifs is 4. The fourth-order valence-electron chi connectivity index (χ4n) is 3.45. The Morgan fingerprint density at radius 2 is 1.52 bits per heavy atom. The largest absolute Gasteiger partial charge is 0.289 e. The molecule has 3 heteroatoms. The average Bonchev–Trinajstić information content (AvgIpc) is 2.60. The van der Waals surface area contributed by atoms with Crippen molar-refractivity contribution in [3.63, 3.8) is 0 Å². The summed E-state index contributed by atoms with van der Waals surface area (Å²) in [6, 6.07) is 20.4. The SMILES string of the molecule is Cc1ccc2sc3cc4cc5cccc(Cl)c5cc4cc3c(=O)c2c1. The van der Waals surface area contributed by atoms with Crippen LogP contribution < -0.4 is 5.43 Å². The molecular weight excluding hydrogens is 348 g/mol. The summed E-state index contributed by atoms with van der Waals surface area (Å²) >= 11 is 8.01. The van der Waals surface area contributed by atoms with E-state index >= 15 is 0 Å². The third-order valence-electron chi connectivity index (χ3n) is 4.73. The van der Waals surface area contributed by atoms with E-state index in [0.29, 0.717) is 0 Å². The molecule has 1 aromatic heterocycles. The standard InChI is InChI=1S/C22H13ClOS/c1-12-5-6-20-17(7-12)22(24)18-10-15-9-16-13(3-2-4-19(16)23)8-14(15)11-21(18)25-20/h2-11H,1H3. The lowest BCUT2D eigenvalue weighted by molar-refractivity contribution is 1.51. The molecule has 0 atom stereocenters. The van der Waals surface area contributed by atoms with E-state index in [2.05, 4.69) is 30.3 Å². The monoisotopic (exact) mass is 360 g/mol. The van der Waals surface area contributed by atoms with Gasteiger partial charge in [0, 0.05) is 30.6 Å². The van der Waals surface area contributed by atoms with Crippen molar-refractivity contribution < 1.29 is 0 Å². The van der Waals surface area contributed by atoms with Crippen molar-refractivity contribution >= 4 is 64.7 Å². The van der Waals surface area contributed by atoms with E-state index in [0.717, 1.165) is 52.3 Å². The van der Waals surface area contributed by atoms with Gasteiger partial charge in [-0.15, -0.1) is 11.3 Å². The molecule has 1 nitrogen and oxygen atoms in total. The molecule has 0 N–H and O–H groups in total. The molecule has 5 rings (SSSR count). The molecule has 25 heavy (non-hydrogen) atoms. The highest BCUT2D eigenvalue weighted by Gasteiger charge is 2.09. The molecule has 0 saturated carbocycles. The summed E-state index contributed by atoms with van der Waals surface area (Å²) in [6.45, 7) is 2.02. The summed E-state index contributed by atoms with van der Waals surface area (Å²) in [6.07, 6.45) is 0. The first-order chi connectivity index (χ1) is 12.1. The Morgan fingerprint density at radius 1 is 0.760 bits per heavy atom. The van der Waals surface area contributed by atoms with Crippen LogP contribution >= 0.6 is 22.9 Å². The molecule has 0 fully saturated rings. The van der Waals surface area contributed by atoms with Gasteiger partial charge in [0.2, 0.25) is 0 Å². The molecule has 0 aliphatic heterocycles. The van der Waals surface area contributed by atoms with Crippen molar-refractivity contribution in [1.82, 2.24) is 0 Å². The first kappa shape index (κ1) is 14.9. The summed E-state index contributed by atoms with van der Waals surface area (Å²) in [5.41, 5.74) is 1.21. The van der Waals surface area contributed by atoms with Crippen molar-refractivity contribution in [1.29, 1.82) is 0 Å². The number of benzene rings is 4. The van der Waals surface area contributed by atoms with Crippen LogP contribution in [0.3, 0.4) is 0 Å². The Labute approximate surface area is 153 Å². The van der Waals surface area contributed by atoms with Gasteiger partial charge < -0.3 is 0 Å². The lowest BCUT2D eigenvalue weighted by Gasteiger charge is -2.07. The van der Waals surface area contributed by atoms with Crippen molar-refractivity contribution in [2.24, 2.45) is 0 Å². The molecule has 4 aromatic carbocycles. The molecule has 0 radical (unpaired) electrons. The van der Waals surface area contributed by atoms with E-state index < -0.39 is 0 Å². The number of rotatable bonds is 0. The zero-order chi connectivity index (χ0) is 17.1. The molecule has 0 spiro atoms. The second-order valence-electron chi connectivity index (χ2n) is 6.44. The number of hydrogen-bond donors (Lipinski definition) is 0. The van der Waals surface area contributed by atoms with E-state index in [9.17, 15) is 4.79 Å². The zero-order valence-corrected chi connectivity index (χ0v) is 15.0. The first-order valence-corrected chi connectivity index (χ1v) is 9.29. The van der Waals surface area contributed by atoms with Crippen molar-refractivity contribution in [2.75, 3.05) is 0 Å². The molecule has 0 aliphatic carbocycles. The minimum atomic E-state index is 0.105. The van der Waals surface area contributed by atoms with E-state index in [-0.39, 0.29) is 5.43 Å². The van der Waals surface area contributed by atoms with E-state index in [1.165, 1.54) is 0 Å². The number of hydrogen-bond acceptors (Lipinski definition) is 2. The topological polar surface area (TPSA) is 17.1 Å². The second-order valence-corrected chi connectivity index (χ2v) is 7.93. The summed E-state index contributed by atoms with van der Waals surface area (Å²) in [7, 11) is 0. The number of aryl methyl sites for hydroxylation is 1. The predicted octanol–water partition coefficient (Wildman–Crippen LogP) is 6.68. The van der Waals surface area contributed by atoms with Crippen molar-refractivity contribution in [3.8, 4) is 0 Å². The minimum absolute atomic E-state index is 0.105. The summed E-state index contributed by atoms with van der Waals surface area (Å²) in [5.74, 6) is 0. The van der Waals surface area contributed by atoms with Gasteiger partial charge >= 0.3 is 0 Å². The van der Waals surface area contributed by atoms with Gasteiger partial charge in [0.15, 0.2) is 5.43 Å². The van der Waals surface area contributed by atoms with Crippen LogP contribution in [0.2, 0.25) is 5.02 Å². The molecule has 0 saturated heterocycles. The van der Waals surface area contributed by atoms with E-state index in [1.807, 2.05) is 37.3 Å². The van der Waals surface area contributed by atoms with Crippen LogP contribution in [-0.2, 0) is 0 Å². The van der Waals surface area contributed by atoms with Crippen molar-refractivity contribution in [3.05, 3.63) is 81.5 Å². The highest BCUT2D eigenvalue weighted by atomic mass is 35.5. The molecule has 5 aromatic rings. The lowest BCUT2D eigenvalue weighted by Crippen LogP contribution is -2.01. The van der Waals surface area contributed by atoms with Crippen LogP contribution in [0.1, 0.15) is 5.56 Å². The second kappa shape index (κ2) is 5.29. The third-order valence-corrected chi connectivity index (χ3v) is 6.19. The van der Waals surface area contributed by atoms with Crippen LogP contribution in [0.4, 0.5) is 0 Å². The summed E-state index contributed by atoms with van der Waals surface area (Å²) in [5, 5.41) is 6.62. The predicted molar refractivity (Wildman–Crippen MR) is 110 cm³/mol. The lowest BCUT2D eigenvalue weighted by atomic mass is 10.0. The fourth-order valence-corrected chi connectivity index (χ4v) is 4.77. The summed E-state index contributed by atoms with van der Waals surface area (Å²) in [4.78, 5) is 13.0. The highest BCUT2D eigenvalue weighted by Crippen LogP contribution is 2.33. The van der Waals surface area contributed by atoms with Crippen LogP contribution in [-0.4, -0.2) is 0 Å². The first-order valence-electron chi connectivity index (χ1n) is 8.09. The Morgan fingerprint density at radius 3 is 2.40 bits per heavy atom. The smallest absolute Gasteiger partial charge is 0.195 e. The maximum atomic E-state index is 13.0. The van der Waals surface area contributed by atoms with Crippen LogP contribution in [0.25, 0.3) is 41.7 Å². The van der Waals surface area contributed by atoms with E-state index in [4.69, 9.17) is 11.6 Å². The molecule has 1 heterocycles. The van der Waals surface area contributed by atoms with Crippen LogP contribution in [0.15, 0.2) is 65.5 Å². The average molecular weight is 361 g/mol. The molecule has 0 bridgehead atoms. The van der Waals surface area contributed by atoms with E-state index in [1.54, 1.807) is 11.3 Å². The minimum Gasteiger partial charge on any atom is -0.289 e. The fraction of sp³-hybridized carbons (Fsp3) is 0.0455. The van der Waals surface area contributed by atoms with Gasteiger partial charge in [-0.25, -0.2) is 0 Å². The third kappa shape index (κ3) is 2.25. The highest BCUT2D eigenvalue weighted by molar-refractivity contribution is 7.24. The Balaban J connectivity index is 1.96. The maximum absolute atomic E-state index is 13.0.